The molecule has 176 valence electrons. The maximum absolute atomic E-state index is 13.2. The molecule has 4 aromatic rings. The summed E-state index contributed by atoms with van der Waals surface area (Å²) in [7, 11) is 6.90. The van der Waals surface area contributed by atoms with E-state index in [4.69, 9.17) is 18.6 Å². The maximum Gasteiger partial charge on any atom is 0.193 e. The molecule has 0 radical (unpaired) electrons. The van der Waals surface area contributed by atoms with E-state index in [9.17, 15) is 4.79 Å². The molecule has 1 saturated heterocycles. The van der Waals surface area contributed by atoms with Gasteiger partial charge in [0.05, 0.1) is 37.5 Å². The highest BCUT2D eigenvalue weighted by Crippen LogP contribution is 2.43. The number of methoxy groups -OCH3 is 3. The lowest BCUT2D eigenvalue weighted by atomic mass is 10.0. The van der Waals surface area contributed by atoms with Crippen molar-refractivity contribution in [2.24, 2.45) is 0 Å². The molecule has 7 nitrogen and oxygen atoms in total. The Hall–Kier alpha value is -3.71. The molecular weight excluding hydrogens is 432 g/mol. The van der Waals surface area contributed by atoms with Gasteiger partial charge in [0.1, 0.15) is 23.0 Å². The molecule has 1 aliphatic rings. The molecule has 1 aliphatic heterocycles. The average Bonchev–Trinajstić information content (AvgIpc) is 2.88. The highest BCUT2D eigenvalue weighted by Gasteiger charge is 2.21. The Labute approximate surface area is 198 Å². The first-order valence-electron chi connectivity index (χ1n) is 11.3. The summed E-state index contributed by atoms with van der Waals surface area (Å²) in [5, 5.41) is 1.76. The predicted molar refractivity (Wildman–Crippen MR) is 135 cm³/mol. The SMILES string of the molecule is COc1ccc(OC)c2c1c(OC)cc1c(=O)cc(-c3ccc(N4CCN(C)CC4)cc3)oc12. The molecule has 5 rings (SSSR count). The first-order valence-corrected chi connectivity index (χ1v) is 11.3. The van der Waals surface area contributed by atoms with Crippen molar-refractivity contribution in [3.8, 4) is 28.6 Å². The fraction of sp³-hybridized carbons (Fsp3) is 0.296. The van der Waals surface area contributed by atoms with Gasteiger partial charge in [-0.25, -0.2) is 0 Å². The number of ether oxygens (including phenoxy) is 3. The van der Waals surface area contributed by atoms with Crippen molar-refractivity contribution in [3.63, 3.8) is 0 Å². The van der Waals surface area contributed by atoms with Crippen molar-refractivity contribution in [3.05, 3.63) is 58.8 Å². The van der Waals surface area contributed by atoms with Crippen molar-refractivity contribution in [1.29, 1.82) is 0 Å². The number of fused-ring (bicyclic) bond motifs is 3. The summed E-state index contributed by atoms with van der Waals surface area (Å²) in [5.74, 6) is 2.21. The number of anilines is 1. The van der Waals surface area contributed by atoms with Crippen molar-refractivity contribution in [2.75, 3.05) is 59.5 Å². The lowest BCUT2D eigenvalue weighted by molar-refractivity contribution is 0.313. The molecule has 0 bridgehead atoms. The van der Waals surface area contributed by atoms with Gasteiger partial charge in [-0.05, 0) is 49.5 Å². The van der Waals surface area contributed by atoms with Crippen LogP contribution in [0.3, 0.4) is 0 Å². The molecule has 0 N–H and O–H groups in total. The third-order valence-corrected chi connectivity index (χ3v) is 6.54. The standard InChI is InChI=1S/C27H28N2O5/c1-28-11-13-29(14-12-28)18-7-5-17(6-8-18)23-16-20(30)19-15-24(33-4)25-21(31-2)9-10-22(32-3)26(25)27(19)34-23/h5-10,15-16H,11-14H2,1-4H3. The second-order valence-corrected chi connectivity index (χ2v) is 8.49. The Morgan fingerprint density at radius 2 is 1.38 bits per heavy atom. The van der Waals surface area contributed by atoms with Gasteiger partial charge < -0.3 is 28.4 Å². The number of piperazine rings is 1. The Kier molecular flexibility index (Phi) is 5.79. The largest absolute Gasteiger partial charge is 0.496 e. The van der Waals surface area contributed by atoms with Crippen LogP contribution in [-0.2, 0) is 0 Å². The van der Waals surface area contributed by atoms with Gasteiger partial charge in [0.15, 0.2) is 11.0 Å². The predicted octanol–water partition coefficient (Wildman–Crippen LogP) is 4.39. The summed E-state index contributed by atoms with van der Waals surface area (Å²) in [6.07, 6.45) is 0. The van der Waals surface area contributed by atoms with E-state index in [-0.39, 0.29) is 5.43 Å². The van der Waals surface area contributed by atoms with Crippen LogP contribution in [-0.4, -0.2) is 59.5 Å². The molecule has 0 aliphatic carbocycles. The summed E-state index contributed by atoms with van der Waals surface area (Å²) >= 11 is 0. The van der Waals surface area contributed by atoms with E-state index in [1.807, 2.05) is 18.2 Å². The van der Waals surface area contributed by atoms with E-state index >= 15 is 0 Å². The molecule has 1 aromatic heterocycles. The molecule has 3 aromatic carbocycles. The fourth-order valence-electron chi connectivity index (χ4n) is 4.61. The van der Waals surface area contributed by atoms with Crippen LogP contribution in [0.5, 0.6) is 17.2 Å². The third-order valence-electron chi connectivity index (χ3n) is 6.54. The van der Waals surface area contributed by atoms with Gasteiger partial charge in [0.2, 0.25) is 0 Å². The highest BCUT2D eigenvalue weighted by molar-refractivity contribution is 6.13. The van der Waals surface area contributed by atoms with Crippen LogP contribution in [0.15, 0.2) is 57.7 Å². The van der Waals surface area contributed by atoms with Crippen molar-refractivity contribution in [2.45, 2.75) is 0 Å². The van der Waals surface area contributed by atoms with Crippen molar-refractivity contribution < 1.29 is 18.6 Å². The molecule has 0 saturated carbocycles. The first kappa shape index (κ1) is 22.1. The zero-order chi connectivity index (χ0) is 23.8. The summed E-state index contributed by atoms with van der Waals surface area (Å²) in [5.41, 5.74) is 2.30. The Balaban J connectivity index is 1.66. The quantitative estimate of drug-likeness (QED) is 0.409. The molecule has 2 heterocycles. The smallest absolute Gasteiger partial charge is 0.193 e. The van der Waals surface area contributed by atoms with Crippen LogP contribution >= 0.6 is 0 Å². The van der Waals surface area contributed by atoms with Crippen LogP contribution in [0.1, 0.15) is 0 Å². The normalized spacial score (nSPS) is 14.5. The van der Waals surface area contributed by atoms with Gasteiger partial charge in [-0.1, -0.05) is 0 Å². The van der Waals surface area contributed by atoms with Crippen molar-refractivity contribution in [1.82, 2.24) is 4.90 Å². The Bertz CT molecular complexity index is 1400. The lowest BCUT2D eigenvalue weighted by Gasteiger charge is -2.34. The topological polar surface area (TPSA) is 64.4 Å². The van der Waals surface area contributed by atoms with E-state index in [0.717, 1.165) is 31.7 Å². The van der Waals surface area contributed by atoms with Gasteiger partial charge in [-0.3, -0.25) is 4.79 Å². The molecule has 0 unspecified atom stereocenters. The number of hydrogen-bond acceptors (Lipinski definition) is 7. The molecule has 0 spiro atoms. The van der Waals surface area contributed by atoms with Crippen molar-refractivity contribution >= 4 is 27.4 Å². The minimum atomic E-state index is -0.149. The van der Waals surface area contributed by atoms with Crippen LogP contribution in [0, 0.1) is 0 Å². The van der Waals surface area contributed by atoms with E-state index < -0.39 is 0 Å². The number of nitrogens with zero attached hydrogens (tertiary/aromatic N) is 2. The lowest BCUT2D eigenvalue weighted by Crippen LogP contribution is -2.44. The number of rotatable bonds is 5. The van der Waals surface area contributed by atoms with Gasteiger partial charge in [0, 0.05) is 43.5 Å². The van der Waals surface area contributed by atoms with E-state index in [1.165, 1.54) is 11.8 Å². The number of benzene rings is 3. The van der Waals surface area contributed by atoms with Gasteiger partial charge in [-0.15, -0.1) is 0 Å². The molecule has 0 atom stereocenters. The van der Waals surface area contributed by atoms with Crippen LogP contribution < -0.4 is 24.5 Å². The van der Waals surface area contributed by atoms with Crippen LogP contribution in [0.25, 0.3) is 33.1 Å². The van der Waals surface area contributed by atoms with Gasteiger partial charge in [0.25, 0.3) is 0 Å². The molecule has 34 heavy (non-hydrogen) atoms. The average molecular weight is 461 g/mol. The van der Waals surface area contributed by atoms with Crippen LogP contribution in [0.4, 0.5) is 5.69 Å². The summed E-state index contributed by atoms with van der Waals surface area (Å²) < 4.78 is 23.2. The zero-order valence-electron chi connectivity index (χ0n) is 19.9. The summed E-state index contributed by atoms with van der Waals surface area (Å²) in [6.45, 7) is 4.08. The monoisotopic (exact) mass is 460 g/mol. The van der Waals surface area contributed by atoms with E-state index in [1.54, 1.807) is 33.5 Å². The third kappa shape index (κ3) is 3.72. The molecule has 1 fully saturated rings. The van der Waals surface area contributed by atoms with E-state index in [2.05, 4.69) is 29.0 Å². The maximum atomic E-state index is 13.2. The summed E-state index contributed by atoms with van der Waals surface area (Å²) in [4.78, 5) is 17.9. The second kappa shape index (κ2) is 8.91. The number of likely N-dealkylation sites (N-methyl/N-ethyl adjacent to an activating group) is 1. The van der Waals surface area contributed by atoms with E-state index in [0.29, 0.717) is 44.8 Å². The second-order valence-electron chi connectivity index (χ2n) is 8.49. The minimum absolute atomic E-state index is 0.149. The first-order chi connectivity index (χ1) is 16.5. The zero-order valence-corrected chi connectivity index (χ0v) is 19.9. The molecule has 7 heteroatoms. The number of hydrogen-bond donors (Lipinski definition) is 0. The van der Waals surface area contributed by atoms with Crippen LogP contribution in [0.2, 0.25) is 0 Å². The van der Waals surface area contributed by atoms with Gasteiger partial charge in [-0.2, -0.15) is 0 Å². The molecular formula is C27H28N2O5. The Morgan fingerprint density at radius 1 is 0.765 bits per heavy atom. The minimum Gasteiger partial charge on any atom is -0.496 e. The highest BCUT2D eigenvalue weighted by atomic mass is 16.5. The Morgan fingerprint density at radius 3 is 2.00 bits per heavy atom. The molecule has 0 amide bonds. The van der Waals surface area contributed by atoms with Gasteiger partial charge >= 0.3 is 0 Å². The fourth-order valence-corrected chi connectivity index (χ4v) is 4.61. The summed E-state index contributed by atoms with van der Waals surface area (Å²) in [6, 6.07) is 15.0.